The lowest BCUT2D eigenvalue weighted by atomic mass is 9.79. The Morgan fingerprint density at radius 1 is 0.744 bits per heavy atom. The van der Waals surface area contributed by atoms with Gasteiger partial charge in [0, 0.05) is 80.9 Å². The molecule has 16 heteroatoms. The molecule has 3 heterocycles. The maximum absolute atomic E-state index is 13.8. The predicted molar refractivity (Wildman–Crippen MR) is 155 cm³/mol. The van der Waals surface area contributed by atoms with Gasteiger partial charge in [-0.15, -0.1) is 0 Å². The topological polar surface area (TPSA) is 201 Å². The molecule has 2 aromatic heterocycles. The van der Waals surface area contributed by atoms with Crippen molar-refractivity contribution in [2.75, 3.05) is 10.6 Å². The van der Waals surface area contributed by atoms with Crippen LogP contribution >= 0.6 is 0 Å². The number of dihydropyridines is 1. The Balaban J connectivity index is 1.85. The summed E-state index contributed by atoms with van der Waals surface area (Å²) < 4.78 is 3.86. The van der Waals surface area contributed by atoms with E-state index >= 15 is 0 Å². The molecular formula is C27H28N8O8. The molecular weight excluding hydrogens is 564 g/mol. The van der Waals surface area contributed by atoms with Gasteiger partial charge in [0.15, 0.2) is 0 Å². The van der Waals surface area contributed by atoms with E-state index in [9.17, 15) is 38.9 Å². The van der Waals surface area contributed by atoms with Crippen molar-refractivity contribution in [2.24, 2.45) is 28.2 Å². The van der Waals surface area contributed by atoms with E-state index < -0.39 is 45.2 Å². The number of anilines is 2. The SMILES string of the molecule is CC1=C(C(=O)Nc2cc(=O)n(C)c(=O)n2C)C(c2ccc([N+](=O)[O-])cc2)C(C(=O)Nc2cc(=O)n(C)c(=O)n2C)=C(C)N1. The average molecular weight is 593 g/mol. The van der Waals surface area contributed by atoms with Crippen molar-refractivity contribution in [3.63, 3.8) is 0 Å². The Labute approximate surface area is 242 Å². The highest BCUT2D eigenvalue weighted by Crippen LogP contribution is 2.39. The molecule has 0 spiro atoms. The van der Waals surface area contributed by atoms with Crippen LogP contribution in [0.1, 0.15) is 25.3 Å². The number of nitro groups is 1. The Kier molecular flexibility index (Phi) is 7.88. The van der Waals surface area contributed by atoms with Crippen LogP contribution in [0, 0.1) is 10.1 Å². The molecule has 0 fully saturated rings. The number of hydrogen-bond acceptors (Lipinski definition) is 9. The lowest BCUT2D eigenvalue weighted by Crippen LogP contribution is -2.40. The monoisotopic (exact) mass is 592 g/mol. The Morgan fingerprint density at radius 3 is 1.51 bits per heavy atom. The molecule has 16 nitrogen and oxygen atoms in total. The molecule has 0 aliphatic carbocycles. The van der Waals surface area contributed by atoms with Gasteiger partial charge in [0.25, 0.3) is 28.6 Å². The molecule has 1 aliphatic heterocycles. The van der Waals surface area contributed by atoms with Gasteiger partial charge in [-0.3, -0.25) is 47.6 Å². The average Bonchev–Trinajstić information content (AvgIpc) is 2.95. The minimum absolute atomic E-state index is 0.00981. The largest absolute Gasteiger partial charge is 0.362 e. The lowest BCUT2D eigenvalue weighted by molar-refractivity contribution is -0.384. The van der Waals surface area contributed by atoms with Crippen LogP contribution in [0.3, 0.4) is 0 Å². The first-order valence-electron chi connectivity index (χ1n) is 12.7. The van der Waals surface area contributed by atoms with Crippen molar-refractivity contribution in [1.82, 2.24) is 23.6 Å². The summed E-state index contributed by atoms with van der Waals surface area (Å²) in [7, 11) is 5.30. The number of rotatable bonds is 6. The van der Waals surface area contributed by atoms with Crippen molar-refractivity contribution >= 4 is 29.1 Å². The van der Waals surface area contributed by atoms with Crippen molar-refractivity contribution in [3.05, 3.63) is 116 Å². The molecule has 224 valence electrons. The van der Waals surface area contributed by atoms with E-state index in [0.717, 1.165) is 30.4 Å². The number of carbonyl (C=O) groups is 2. The molecule has 2 amide bonds. The van der Waals surface area contributed by atoms with Crippen LogP contribution in [-0.4, -0.2) is 35.0 Å². The number of allylic oxidation sites excluding steroid dienone is 2. The summed E-state index contributed by atoms with van der Waals surface area (Å²) in [6.07, 6.45) is 0. The third-order valence-corrected chi connectivity index (χ3v) is 7.22. The van der Waals surface area contributed by atoms with Crippen LogP contribution in [0.2, 0.25) is 0 Å². The van der Waals surface area contributed by atoms with E-state index in [1.807, 2.05) is 0 Å². The zero-order valence-electron chi connectivity index (χ0n) is 24.0. The first kappa shape index (κ1) is 30.2. The van der Waals surface area contributed by atoms with Crippen LogP contribution < -0.4 is 38.4 Å². The zero-order valence-corrected chi connectivity index (χ0v) is 24.0. The summed E-state index contributed by atoms with van der Waals surface area (Å²) in [6, 6.07) is 7.38. The zero-order chi connectivity index (χ0) is 31.9. The summed E-state index contributed by atoms with van der Waals surface area (Å²) in [4.78, 5) is 87.8. The number of nitrogens with one attached hydrogen (secondary N) is 3. The quantitative estimate of drug-likeness (QED) is 0.258. The van der Waals surface area contributed by atoms with Crippen molar-refractivity contribution < 1.29 is 14.5 Å². The van der Waals surface area contributed by atoms with Crippen LogP contribution in [0.15, 0.2) is 78.1 Å². The van der Waals surface area contributed by atoms with E-state index in [0.29, 0.717) is 17.0 Å². The van der Waals surface area contributed by atoms with Crippen LogP contribution in [-0.2, 0) is 37.8 Å². The fourth-order valence-corrected chi connectivity index (χ4v) is 4.79. The maximum Gasteiger partial charge on any atom is 0.332 e. The van der Waals surface area contributed by atoms with Gasteiger partial charge in [0.1, 0.15) is 11.6 Å². The fourth-order valence-electron chi connectivity index (χ4n) is 4.79. The molecule has 0 unspecified atom stereocenters. The number of hydrogen-bond donors (Lipinski definition) is 3. The number of aromatic nitrogens is 4. The van der Waals surface area contributed by atoms with Crippen LogP contribution in [0.5, 0.6) is 0 Å². The molecule has 0 atom stereocenters. The second kappa shape index (κ2) is 11.2. The third-order valence-electron chi connectivity index (χ3n) is 7.22. The smallest absolute Gasteiger partial charge is 0.332 e. The minimum atomic E-state index is -1.12. The number of amides is 2. The number of nitro benzene ring substituents is 1. The molecule has 0 bridgehead atoms. The molecule has 1 aromatic carbocycles. The van der Waals surface area contributed by atoms with Crippen molar-refractivity contribution in [1.29, 1.82) is 0 Å². The number of carbonyl (C=O) groups excluding carboxylic acids is 2. The molecule has 0 saturated heterocycles. The summed E-state index contributed by atoms with van der Waals surface area (Å²) in [5, 5.41) is 19.4. The lowest BCUT2D eigenvalue weighted by Gasteiger charge is -2.31. The molecule has 43 heavy (non-hydrogen) atoms. The summed E-state index contributed by atoms with van der Waals surface area (Å²) in [5.41, 5.74) is -1.91. The van der Waals surface area contributed by atoms with Crippen molar-refractivity contribution in [2.45, 2.75) is 19.8 Å². The van der Waals surface area contributed by atoms with Crippen molar-refractivity contribution in [3.8, 4) is 0 Å². The first-order valence-corrected chi connectivity index (χ1v) is 12.7. The highest BCUT2D eigenvalue weighted by atomic mass is 16.6. The van der Waals surface area contributed by atoms with Gasteiger partial charge >= 0.3 is 11.4 Å². The summed E-state index contributed by atoms with van der Waals surface area (Å²) in [5.74, 6) is -2.86. The standard InChI is InChI=1S/C27H28N8O8/c1-13-21(24(38)29-17-11-19(36)33(5)26(40)31(17)3)23(15-7-9-16(10-8-15)35(42)43)22(14(2)28-13)25(39)30-18-12-20(37)34(6)27(41)32(18)4/h7-12,23,28H,1-6H3,(H,29,38)(H,30,39). The van der Waals surface area contributed by atoms with E-state index in [1.54, 1.807) is 13.8 Å². The van der Waals surface area contributed by atoms with E-state index in [1.165, 1.54) is 52.5 Å². The Hall–Kier alpha value is -5.80. The van der Waals surface area contributed by atoms with Gasteiger partial charge in [-0.05, 0) is 19.4 Å². The molecule has 0 saturated carbocycles. The first-order chi connectivity index (χ1) is 20.1. The molecule has 0 radical (unpaired) electrons. The van der Waals surface area contributed by atoms with Crippen LogP contribution in [0.4, 0.5) is 17.3 Å². The molecule has 4 rings (SSSR count). The van der Waals surface area contributed by atoms with Gasteiger partial charge < -0.3 is 16.0 Å². The maximum atomic E-state index is 13.8. The van der Waals surface area contributed by atoms with Gasteiger partial charge in [-0.2, -0.15) is 0 Å². The number of non-ortho nitro benzene ring substituents is 1. The van der Waals surface area contributed by atoms with Crippen LogP contribution in [0.25, 0.3) is 0 Å². The minimum Gasteiger partial charge on any atom is -0.362 e. The van der Waals surface area contributed by atoms with Gasteiger partial charge in [-0.25, -0.2) is 9.59 Å². The molecule has 3 N–H and O–H groups in total. The highest BCUT2D eigenvalue weighted by Gasteiger charge is 2.37. The van der Waals surface area contributed by atoms with Gasteiger partial charge in [-0.1, -0.05) is 12.1 Å². The van der Waals surface area contributed by atoms with E-state index in [-0.39, 0.29) is 28.5 Å². The Morgan fingerprint density at radius 2 is 1.14 bits per heavy atom. The van der Waals surface area contributed by atoms with E-state index in [4.69, 9.17) is 0 Å². The molecule has 1 aliphatic rings. The second-order valence-corrected chi connectivity index (χ2v) is 9.93. The Bertz CT molecular complexity index is 1890. The van der Waals surface area contributed by atoms with Gasteiger partial charge in [0.05, 0.1) is 4.92 Å². The van der Waals surface area contributed by atoms with E-state index in [2.05, 4.69) is 16.0 Å². The third kappa shape index (κ3) is 5.44. The normalized spacial score (nSPS) is 13.5. The van der Waals surface area contributed by atoms with Gasteiger partial charge in [0.2, 0.25) is 0 Å². The predicted octanol–water partition coefficient (Wildman–Crippen LogP) is -0.0982. The highest BCUT2D eigenvalue weighted by molar-refractivity contribution is 6.11. The number of nitrogens with zero attached hydrogens (tertiary/aromatic N) is 5. The second-order valence-electron chi connectivity index (χ2n) is 9.93. The molecule has 3 aromatic rings. The fraction of sp³-hybridized carbons (Fsp3) is 0.259. The number of benzene rings is 1. The summed E-state index contributed by atoms with van der Waals surface area (Å²) in [6.45, 7) is 3.16. The summed E-state index contributed by atoms with van der Waals surface area (Å²) >= 11 is 0.